The van der Waals surface area contributed by atoms with E-state index in [1.54, 1.807) is 0 Å². The van der Waals surface area contributed by atoms with E-state index in [9.17, 15) is 9.59 Å². The van der Waals surface area contributed by atoms with E-state index >= 15 is 0 Å². The quantitative estimate of drug-likeness (QED) is 0.508. The minimum Gasteiger partial charge on any atom is -0.291 e. The van der Waals surface area contributed by atoms with Gasteiger partial charge >= 0.3 is 0 Å². The monoisotopic (exact) mass is 202 g/mol. The zero-order valence-electron chi connectivity index (χ0n) is 8.63. The van der Waals surface area contributed by atoms with Gasteiger partial charge in [-0.25, -0.2) is 0 Å². The van der Waals surface area contributed by atoms with E-state index in [0.29, 0.717) is 0 Å². The van der Waals surface area contributed by atoms with Crippen LogP contribution in [0.3, 0.4) is 0 Å². The Morgan fingerprint density at radius 3 is 1.40 bits per heavy atom. The van der Waals surface area contributed by atoms with Crippen LogP contribution >= 0.6 is 0 Å². The van der Waals surface area contributed by atoms with Gasteiger partial charge in [-0.1, -0.05) is 13.2 Å². The van der Waals surface area contributed by atoms with Gasteiger partial charge in [0.15, 0.2) is 0 Å². The number of rotatable bonds is 4. The van der Waals surface area contributed by atoms with Crippen molar-refractivity contribution in [3.63, 3.8) is 0 Å². The smallest absolute Gasteiger partial charge is 0.266 e. The Labute approximate surface area is 88.1 Å². The molecule has 0 saturated carbocycles. The second kappa shape index (κ2) is 4.34. The van der Waals surface area contributed by atoms with Crippen LogP contribution in [0.25, 0.3) is 0 Å². The molecule has 0 aromatic carbocycles. The van der Waals surface area contributed by atoms with E-state index in [-0.39, 0.29) is 11.1 Å². The minimum atomic E-state index is -2.32. The molecule has 0 saturated heterocycles. The Bertz CT molecular complexity index is 390. The lowest BCUT2D eigenvalue weighted by molar-refractivity contribution is -0.129. The SMILES string of the molecule is C=C(C)C(=O)C(C#N)(C#N)C(=O)C(=C)C. The Hall–Kier alpha value is -2.20. The van der Waals surface area contributed by atoms with E-state index in [4.69, 9.17) is 10.5 Å². The number of hydrogen-bond donors (Lipinski definition) is 0. The fourth-order valence-corrected chi connectivity index (χ4v) is 0.971. The number of nitrogens with zero attached hydrogens (tertiary/aromatic N) is 2. The van der Waals surface area contributed by atoms with Crippen molar-refractivity contribution in [2.45, 2.75) is 13.8 Å². The molecule has 0 spiro atoms. The number of Topliss-reactive ketones (excluding diaryl/α,β-unsaturated/α-hetero) is 2. The minimum absolute atomic E-state index is 0.00676. The van der Waals surface area contributed by atoms with Gasteiger partial charge in [0.05, 0.1) is 0 Å². The van der Waals surface area contributed by atoms with Crippen LogP contribution < -0.4 is 0 Å². The lowest BCUT2D eigenvalue weighted by atomic mass is 9.77. The van der Waals surface area contributed by atoms with Crippen molar-refractivity contribution >= 4 is 11.6 Å². The molecular weight excluding hydrogens is 192 g/mol. The molecule has 0 heterocycles. The Morgan fingerprint density at radius 1 is 1.00 bits per heavy atom. The predicted molar refractivity (Wildman–Crippen MR) is 53.3 cm³/mol. The van der Waals surface area contributed by atoms with Crippen molar-refractivity contribution in [3.05, 3.63) is 24.3 Å². The molecule has 0 atom stereocenters. The molecule has 0 amide bonds. The summed E-state index contributed by atoms with van der Waals surface area (Å²) in [5.74, 6) is -1.75. The van der Waals surface area contributed by atoms with Crippen LogP contribution in [0.15, 0.2) is 24.3 Å². The van der Waals surface area contributed by atoms with E-state index in [1.165, 1.54) is 26.0 Å². The molecule has 0 bridgehead atoms. The molecule has 0 N–H and O–H groups in total. The summed E-state index contributed by atoms with van der Waals surface area (Å²) >= 11 is 0. The number of hydrogen-bond acceptors (Lipinski definition) is 4. The Morgan fingerprint density at radius 2 is 1.27 bits per heavy atom. The van der Waals surface area contributed by atoms with Crippen LogP contribution in [0, 0.1) is 28.1 Å². The van der Waals surface area contributed by atoms with Crippen LogP contribution in [-0.4, -0.2) is 11.6 Å². The molecule has 0 rings (SSSR count). The van der Waals surface area contributed by atoms with Crippen LogP contribution in [-0.2, 0) is 9.59 Å². The summed E-state index contributed by atoms with van der Waals surface area (Å²) < 4.78 is 0. The highest BCUT2D eigenvalue weighted by Gasteiger charge is 2.46. The lowest BCUT2D eigenvalue weighted by Gasteiger charge is -2.15. The van der Waals surface area contributed by atoms with Crippen LogP contribution in [0.1, 0.15) is 13.8 Å². The van der Waals surface area contributed by atoms with E-state index in [0.717, 1.165) is 0 Å². The normalized spacial score (nSPS) is 9.60. The summed E-state index contributed by atoms with van der Waals surface area (Å²) in [5.41, 5.74) is -2.34. The maximum atomic E-state index is 11.6. The molecule has 0 aromatic heterocycles. The van der Waals surface area contributed by atoms with Gasteiger partial charge in [0.1, 0.15) is 12.1 Å². The number of carbonyl (C=O) groups is 2. The fraction of sp³-hybridized carbons (Fsp3) is 0.273. The van der Waals surface area contributed by atoms with Gasteiger partial charge in [-0.15, -0.1) is 0 Å². The van der Waals surface area contributed by atoms with Crippen molar-refractivity contribution in [3.8, 4) is 12.1 Å². The van der Waals surface area contributed by atoms with E-state index in [1.807, 2.05) is 0 Å². The summed E-state index contributed by atoms with van der Waals surface area (Å²) in [5, 5.41) is 17.6. The summed E-state index contributed by atoms with van der Waals surface area (Å²) in [7, 11) is 0. The molecule has 4 heteroatoms. The summed E-state index contributed by atoms with van der Waals surface area (Å²) in [6, 6.07) is 2.89. The average molecular weight is 202 g/mol. The molecule has 0 fully saturated rings. The van der Waals surface area contributed by atoms with Crippen LogP contribution in [0.2, 0.25) is 0 Å². The van der Waals surface area contributed by atoms with Gasteiger partial charge in [-0.2, -0.15) is 10.5 Å². The zero-order chi connectivity index (χ0) is 12.2. The third-order valence-corrected chi connectivity index (χ3v) is 1.79. The van der Waals surface area contributed by atoms with Crippen molar-refractivity contribution in [1.82, 2.24) is 0 Å². The summed E-state index contributed by atoms with van der Waals surface area (Å²) in [4.78, 5) is 23.1. The van der Waals surface area contributed by atoms with Crippen molar-refractivity contribution in [2.24, 2.45) is 5.41 Å². The average Bonchev–Trinajstić information content (AvgIpc) is 2.19. The molecule has 0 aliphatic rings. The van der Waals surface area contributed by atoms with E-state index in [2.05, 4.69) is 13.2 Å². The molecule has 4 nitrogen and oxygen atoms in total. The second-order valence-electron chi connectivity index (χ2n) is 3.19. The first-order chi connectivity index (χ1) is 6.83. The fourth-order valence-electron chi connectivity index (χ4n) is 0.971. The molecule has 0 radical (unpaired) electrons. The van der Waals surface area contributed by atoms with Crippen LogP contribution in [0.5, 0.6) is 0 Å². The second-order valence-corrected chi connectivity index (χ2v) is 3.19. The maximum absolute atomic E-state index is 11.6. The van der Waals surface area contributed by atoms with Crippen molar-refractivity contribution in [1.29, 1.82) is 10.5 Å². The van der Waals surface area contributed by atoms with Crippen LogP contribution in [0.4, 0.5) is 0 Å². The largest absolute Gasteiger partial charge is 0.291 e. The first kappa shape index (κ1) is 12.8. The van der Waals surface area contributed by atoms with Gasteiger partial charge in [0.25, 0.3) is 5.41 Å². The molecule has 76 valence electrons. The molecule has 0 aliphatic heterocycles. The molecule has 15 heavy (non-hydrogen) atoms. The lowest BCUT2D eigenvalue weighted by Crippen LogP contribution is -2.37. The maximum Gasteiger partial charge on any atom is 0.266 e. The first-order valence-electron chi connectivity index (χ1n) is 4.06. The summed E-state index contributed by atoms with van der Waals surface area (Å²) in [6.45, 7) is 9.34. The van der Waals surface area contributed by atoms with Gasteiger partial charge < -0.3 is 0 Å². The van der Waals surface area contributed by atoms with Gasteiger partial charge in [0, 0.05) is 0 Å². The van der Waals surface area contributed by atoms with Crippen molar-refractivity contribution < 1.29 is 9.59 Å². The number of ketones is 2. The third kappa shape index (κ3) is 2.00. The number of allylic oxidation sites excluding steroid dienone is 2. The zero-order valence-corrected chi connectivity index (χ0v) is 8.63. The standard InChI is InChI=1S/C11H10N2O2/c1-7(2)9(14)11(5-12,6-13)10(15)8(3)4/h1,3H2,2,4H3. The highest BCUT2D eigenvalue weighted by Crippen LogP contribution is 2.24. The number of carbonyl (C=O) groups excluding carboxylic acids is 2. The summed E-state index contributed by atoms with van der Waals surface area (Å²) in [6.07, 6.45) is 0. The Kier molecular flexibility index (Phi) is 3.71. The van der Waals surface area contributed by atoms with Gasteiger partial charge in [0.2, 0.25) is 11.6 Å². The van der Waals surface area contributed by atoms with E-state index < -0.39 is 17.0 Å². The highest BCUT2D eigenvalue weighted by molar-refractivity contribution is 6.23. The topological polar surface area (TPSA) is 81.7 Å². The first-order valence-corrected chi connectivity index (χ1v) is 4.06. The predicted octanol–water partition coefficient (Wildman–Crippen LogP) is 1.31. The van der Waals surface area contributed by atoms with Crippen molar-refractivity contribution in [2.75, 3.05) is 0 Å². The third-order valence-electron chi connectivity index (χ3n) is 1.79. The number of nitriles is 2. The molecule has 0 aliphatic carbocycles. The highest BCUT2D eigenvalue weighted by atomic mass is 16.2. The molecule has 0 unspecified atom stereocenters. The van der Waals surface area contributed by atoms with Gasteiger partial charge in [-0.05, 0) is 25.0 Å². The Balaban J connectivity index is 5.70. The molecular formula is C11H10N2O2. The van der Waals surface area contributed by atoms with Gasteiger partial charge in [-0.3, -0.25) is 9.59 Å². The molecule has 0 aromatic rings.